The molecule has 0 aliphatic rings. The normalized spacial score (nSPS) is 10.4. The molecule has 0 bridgehead atoms. The van der Waals surface area contributed by atoms with Crippen LogP contribution in [-0.4, -0.2) is 0 Å². The van der Waals surface area contributed by atoms with Gasteiger partial charge in [0.05, 0.1) is 0 Å². The third-order valence-corrected chi connectivity index (χ3v) is 1.74. The van der Waals surface area contributed by atoms with Crippen LogP contribution in [-0.2, 0) is 0 Å². The minimum atomic E-state index is 0.925. The quantitative estimate of drug-likeness (QED) is 0.253. The molecule has 0 spiro atoms. The summed E-state index contributed by atoms with van der Waals surface area (Å²) in [5.74, 6) is 6.13. The van der Waals surface area contributed by atoms with Gasteiger partial charge in [-0.25, -0.2) is 0 Å². The minimum absolute atomic E-state index is 0.925. The predicted octanol–water partition coefficient (Wildman–Crippen LogP) is 4.26. The number of hydrogen-bond acceptors (Lipinski definition) is 0. The maximum absolute atomic E-state index is 3.63. The molecule has 0 amide bonds. The van der Waals surface area contributed by atoms with Crippen LogP contribution in [0.25, 0.3) is 0 Å². The summed E-state index contributed by atoms with van der Waals surface area (Å²) in [6, 6.07) is 0. The van der Waals surface area contributed by atoms with E-state index in [4.69, 9.17) is 0 Å². The van der Waals surface area contributed by atoms with Crippen molar-refractivity contribution >= 4 is 0 Å². The van der Waals surface area contributed by atoms with Crippen LogP contribution in [0.5, 0.6) is 0 Å². The maximum atomic E-state index is 3.63. The first-order valence-electron chi connectivity index (χ1n) is 5.32. The van der Waals surface area contributed by atoms with Gasteiger partial charge >= 0.3 is 0 Å². The Bertz CT molecular complexity index is 232. The topological polar surface area (TPSA) is 0 Å². The molecule has 0 nitrogen and oxygen atoms in total. The lowest BCUT2D eigenvalue weighted by Gasteiger charge is -1.87. The number of unbranched alkanes of at least 4 members (excludes halogenated alkanes) is 3. The van der Waals surface area contributed by atoms with Gasteiger partial charge in [0, 0.05) is 6.42 Å². The summed E-state index contributed by atoms with van der Waals surface area (Å²) in [7, 11) is 0. The van der Waals surface area contributed by atoms with E-state index in [1.807, 2.05) is 24.3 Å². The van der Waals surface area contributed by atoms with E-state index in [2.05, 4.69) is 31.4 Å². The highest BCUT2D eigenvalue weighted by atomic mass is 13.8. The highest BCUT2D eigenvalue weighted by molar-refractivity contribution is 5.19. The molecular weight excluding hydrogens is 168 g/mol. The average Bonchev–Trinajstić information content (AvgIpc) is 2.21. The van der Waals surface area contributed by atoms with Gasteiger partial charge in [0.1, 0.15) is 0 Å². The molecule has 0 aliphatic carbocycles. The Labute approximate surface area is 88.4 Å². The fraction of sp³-hybridized carbons (Fsp3) is 0.429. The van der Waals surface area contributed by atoms with Gasteiger partial charge in [-0.05, 0) is 18.9 Å². The Morgan fingerprint density at radius 1 is 1.21 bits per heavy atom. The summed E-state index contributed by atoms with van der Waals surface area (Å²) in [5.41, 5.74) is 0. The Morgan fingerprint density at radius 2 is 2.07 bits per heavy atom. The van der Waals surface area contributed by atoms with Crippen molar-refractivity contribution in [2.24, 2.45) is 0 Å². The van der Waals surface area contributed by atoms with Crippen molar-refractivity contribution in [3.8, 4) is 11.8 Å². The van der Waals surface area contributed by atoms with E-state index in [1.165, 1.54) is 19.3 Å². The van der Waals surface area contributed by atoms with Crippen molar-refractivity contribution in [3.63, 3.8) is 0 Å². The molecule has 0 heterocycles. The van der Waals surface area contributed by atoms with Crippen molar-refractivity contribution in [1.29, 1.82) is 0 Å². The number of hydrogen-bond donors (Lipinski definition) is 0. The van der Waals surface area contributed by atoms with Gasteiger partial charge < -0.3 is 0 Å². The molecule has 0 atom stereocenters. The molecule has 0 heteroatoms. The first-order valence-corrected chi connectivity index (χ1v) is 5.32. The zero-order valence-electron chi connectivity index (χ0n) is 9.13. The lowest BCUT2D eigenvalue weighted by Crippen LogP contribution is -1.70. The van der Waals surface area contributed by atoms with E-state index < -0.39 is 0 Å². The largest absolute Gasteiger partial charge is 0.103 e. The van der Waals surface area contributed by atoms with Gasteiger partial charge in [-0.15, -0.1) is 6.58 Å². The molecule has 14 heavy (non-hydrogen) atoms. The molecule has 0 aromatic heterocycles. The summed E-state index contributed by atoms with van der Waals surface area (Å²) in [6.07, 6.45) is 15.5. The Hall–Kier alpha value is -1.22. The molecule has 0 aliphatic heterocycles. The Morgan fingerprint density at radius 3 is 2.79 bits per heavy atom. The summed E-state index contributed by atoms with van der Waals surface area (Å²) in [5, 5.41) is 0. The summed E-state index contributed by atoms with van der Waals surface area (Å²) < 4.78 is 0. The second-order valence-electron chi connectivity index (χ2n) is 3.09. The van der Waals surface area contributed by atoms with Crippen molar-refractivity contribution in [2.75, 3.05) is 0 Å². The second kappa shape index (κ2) is 11.8. The standard InChI is InChI=1S/C14H20/c1-3-5-7-9-11-13-14-12-10-8-6-4-2/h3,7,9,11,13H,1,4-6,8,10H2,2H3. The van der Waals surface area contributed by atoms with Crippen LogP contribution < -0.4 is 0 Å². The fourth-order valence-electron chi connectivity index (χ4n) is 0.952. The molecule has 0 saturated carbocycles. The molecule has 76 valence electrons. The fourth-order valence-corrected chi connectivity index (χ4v) is 0.952. The smallest absolute Gasteiger partial charge is 0.00922 e. The third-order valence-electron chi connectivity index (χ3n) is 1.74. The molecule has 0 rings (SSSR count). The van der Waals surface area contributed by atoms with E-state index in [0.29, 0.717) is 0 Å². The number of rotatable bonds is 6. The van der Waals surface area contributed by atoms with Gasteiger partial charge in [0.15, 0.2) is 0 Å². The van der Waals surface area contributed by atoms with Crippen LogP contribution in [0.2, 0.25) is 0 Å². The highest BCUT2D eigenvalue weighted by Crippen LogP contribution is 1.96. The molecule has 0 aromatic rings. The van der Waals surface area contributed by atoms with Gasteiger partial charge in [0.2, 0.25) is 0 Å². The van der Waals surface area contributed by atoms with Crippen LogP contribution in [0.4, 0.5) is 0 Å². The van der Waals surface area contributed by atoms with Gasteiger partial charge in [-0.1, -0.05) is 55.9 Å². The Kier molecular flexibility index (Phi) is 10.8. The van der Waals surface area contributed by atoms with E-state index in [0.717, 1.165) is 12.8 Å². The minimum Gasteiger partial charge on any atom is -0.103 e. The van der Waals surface area contributed by atoms with Gasteiger partial charge in [-0.2, -0.15) is 0 Å². The molecular formula is C14H20. The SMILES string of the molecule is C=CCC=CC=CC#CCCCCC. The molecule has 0 saturated heterocycles. The van der Waals surface area contributed by atoms with Crippen molar-refractivity contribution in [2.45, 2.75) is 39.0 Å². The van der Waals surface area contributed by atoms with Gasteiger partial charge in [-0.3, -0.25) is 0 Å². The Balaban J connectivity index is 3.44. The molecule has 0 aromatic carbocycles. The van der Waals surface area contributed by atoms with E-state index in [1.54, 1.807) is 0 Å². The summed E-state index contributed by atoms with van der Waals surface area (Å²) >= 11 is 0. The van der Waals surface area contributed by atoms with Crippen molar-refractivity contribution in [3.05, 3.63) is 37.0 Å². The van der Waals surface area contributed by atoms with Crippen LogP contribution in [0, 0.1) is 11.8 Å². The van der Waals surface area contributed by atoms with E-state index in [9.17, 15) is 0 Å². The summed E-state index contributed by atoms with van der Waals surface area (Å²) in [6.45, 7) is 5.84. The van der Waals surface area contributed by atoms with Crippen molar-refractivity contribution < 1.29 is 0 Å². The first kappa shape index (κ1) is 12.8. The van der Waals surface area contributed by atoms with Crippen LogP contribution in [0.15, 0.2) is 37.0 Å². The zero-order chi connectivity index (χ0) is 10.5. The van der Waals surface area contributed by atoms with Gasteiger partial charge in [0.25, 0.3) is 0 Å². The van der Waals surface area contributed by atoms with Crippen LogP contribution in [0.1, 0.15) is 39.0 Å². The molecule has 0 fully saturated rings. The van der Waals surface area contributed by atoms with E-state index >= 15 is 0 Å². The average molecular weight is 188 g/mol. The predicted molar refractivity (Wildman–Crippen MR) is 65.0 cm³/mol. The number of allylic oxidation sites excluding steroid dienone is 5. The van der Waals surface area contributed by atoms with Crippen LogP contribution in [0.3, 0.4) is 0 Å². The summed E-state index contributed by atoms with van der Waals surface area (Å²) in [4.78, 5) is 0. The second-order valence-corrected chi connectivity index (χ2v) is 3.09. The monoisotopic (exact) mass is 188 g/mol. The van der Waals surface area contributed by atoms with Crippen LogP contribution >= 0.6 is 0 Å². The lowest BCUT2D eigenvalue weighted by molar-refractivity contribution is 0.737. The maximum Gasteiger partial charge on any atom is 0.00922 e. The zero-order valence-corrected chi connectivity index (χ0v) is 9.13. The third kappa shape index (κ3) is 10.8. The highest BCUT2D eigenvalue weighted by Gasteiger charge is 1.79. The lowest BCUT2D eigenvalue weighted by atomic mass is 10.2. The van der Waals surface area contributed by atoms with E-state index in [-0.39, 0.29) is 0 Å². The van der Waals surface area contributed by atoms with Crippen molar-refractivity contribution in [1.82, 2.24) is 0 Å². The molecule has 0 radical (unpaired) electrons. The molecule has 0 unspecified atom stereocenters. The molecule has 0 N–H and O–H groups in total. The first-order chi connectivity index (χ1) is 6.91.